The van der Waals surface area contributed by atoms with E-state index < -0.39 is 0 Å². The first-order valence-corrected chi connectivity index (χ1v) is 27.7. The van der Waals surface area contributed by atoms with Crippen LogP contribution < -0.4 is 10.6 Å². The van der Waals surface area contributed by atoms with E-state index in [0.29, 0.717) is 31.2 Å². The summed E-state index contributed by atoms with van der Waals surface area (Å²) in [4.78, 5) is 44.4. The highest BCUT2D eigenvalue weighted by molar-refractivity contribution is 5.86. The number of nitrogens with one attached hydrogen (secondary N) is 2. The lowest BCUT2D eigenvalue weighted by molar-refractivity contribution is -0.132. The van der Waals surface area contributed by atoms with Gasteiger partial charge in [0, 0.05) is 212 Å². The molecule has 398 valence electrons. The Morgan fingerprint density at radius 3 is 2.39 bits per heavy atom. The van der Waals surface area contributed by atoms with Crippen LogP contribution in [-0.4, -0.2) is 193 Å². The number of amides is 1. The lowest BCUT2D eigenvalue weighted by Crippen LogP contribution is -2.50. The minimum atomic E-state index is 0.209. The standard InChI is InChI=1S/C20H31N5.C19H27N5O.C18H25N5O/c1-14-5-6-18-20(22-14)19-16(3)23(4)9-7-17(19)25(18)12-11-24-10-8-21-13-15(24)2;1-14-8-18-17(11-22(14)2)16-9-20-13-21-19(16)24(18)7-6-23-5-3-4-15(10-23)12-25;1-13-9-14-15-12-21(2)5-3-16(15)23(17(14)10-20-13)8-7-22-6-4-19-11-18(22)24/h5-6,15-16,21H,7-13H2,1-4H3;9,13,15,25H,1,3-8,10-12H2,2H3;9-10,19H,3-8,11-12H2,1-2H3. The number of aromatic nitrogens is 7. The van der Waals surface area contributed by atoms with E-state index in [9.17, 15) is 9.90 Å². The average molecular weight is 1010 g/mol. The quantitative estimate of drug-likeness (QED) is 0.176. The molecule has 6 aromatic heterocycles. The number of hydrogen-bond acceptors (Lipinski definition) is 13. The van der Waals surface area contributed by atoms with Crippen molar-refractivity contribution < 1.29 is 9.90 Å². The minimum absolute atomic E-state index is 0.209. The normalized spacial score (nSPS) is 22.1. The third-order valence-electron chi connectivity index (χ3n) is 17.2. The molecule has 3 N–H and O–H groups in total. The van der Waals surface area contributed by atoms with Gasteiger partial charge in [-0.25, -0.2) is 9.97 Å². The van der Waals surface area contributed by atoms with Crippen LogP contribution in [0.25, 0.3) is 33.0 Å². The average Bonchev–Trinajstić information content (AvgIpc) is 4.01. The Hall–Kier alpha value is -5.27. The Bertz CT molecular complexity index is 2960. The van der Waals surface area contributed by atoms with Gasteiger partial charge in [-0.2, -0.15) is 0 Å². The second-order valence-corrected chi connectivity index (χ2v) is 22.2. The van der Waals surface area contributed by atoms with Crippen molar-refractivity contribution in [3.63, 3.8) is 0 Å². The van der Waals surface area contributed by atoms with Crippen molar-refractivity contribution in [1.82, 2.24) is 73.7 Å². The van der Waals surface area contributed by atoms with Crippen LogP contribution in [0, 0.1) is 19.8 Å². The van der Waals surface area contributed by atoms with Crippen LogP contribution in [0.2, 0.25) is 0 Å². The number of likely N-dealkylation sites (tertiary alicyclic amines) is 1. The van der Waals surface area contributed by atoms with Crippen LogP contribution in [0.5, 0.6) is 0 Å². The number of carbonyl (C=O) groups excluding carboxylic acids is 1. The van der Waals surface area contributed by atoms with Crippen molar-refractivity contribution in [2.24, 2.45) is 5.92 Å². The zero-order valence-corrected chi connectivity index (χ0v) is 45.5. The number of piperazine rings is 2. The van der Waals surface area contributed by atoms with Crippen molar-refractivity contribution in [2.45, 2.75) is 105 Å². The van der Waals surface area contributed by atoms with Crippen molar-refractivity contribution in [3.05, 3.63) is 94.4 Å². The Morgan fingerprint density at radius 2 is 1.57 bits per heavy atom. The number of piperidine rings is 1. The number of rotatable bonds is 10. The maximum absolute atomic E-state index is 12.0. The minimum Gasteiger partial charge on any atom is -0.396 e. The molecule has 0 spiro atoms. The summed E-state index contributed by atoms with van der Waals surface area (Å²) in [5.41, 5.74) is 16.7. The van der Waals surface area contributed by atoms with Gasteiger partial charge >= 0.3 is 0 Å². The van der Waals surface area contributed by atoms with E-state index in [1.807, 2.05) is 17.3 Å². The molecule has 74 heavy (non-hydrogen) atoms. The molecule has 17 heteroatoms. The van der Waals surface area contributed by atoms with E-state index in [1.165, 1.54) is 67.5 Å². The number of fused-ring (bicyclic) bond motifs is 9. The van der Waals surface area contributed by atoms with Gasteiger partial charge in [0.05, 0.1) is 29.3 Å². The van der Waals surface area contributed by atoms with Gasteiger partial charge in [-0.1, -0.05) is 6.58 Å². The Labute approximate surface area is 438 Å². The van der Waals surface area contributed by atoms with Crippen molar-refractivity contribution >= 4 is 38.9 Å². The van der Waals surface area contributed by atoms with E-state index in [0.717, 1.165) is 160 Å². The molecule has 0 aromatic carbocycles. The molecule has 0 aliphatic carbocycles. The molecular formula is C57H83N15O2. The van der Waals surface area contributed by atoms with Gasteiger partial charge in [-0.05, 0) is 90.9 Å². The summed E-state index contributed by atoms with van der Waals surface area (Å²) >= 11 is 0. The second kappa shape index (κ2) is 22.9. The highest BCUT2D eigenvalue weighted by Gasteiger charge is 2.31. The molecular weight excluding hydrogens is 927 g/mol. The number of aliphatic hydroxyl groups is 1. The first-order valence-electron chi connectivity index (χ1n) is 27.7. The fraction of sp³-hybridized carbons (Fsp3) is 0.596. The second-order valence-electron chi connectivity index (χ2n) is 22.2. The summed E-state index contributed by atoms with van der Waals surface area (Å²) in [6.07, 6.45) is 11.0. The van der Waals surface area contributed by atoms with E-state index in [1.54, 1.807) is 6.33 Å². The Balaban J connectivity index is 0.000000127. The molecule has 17 nitrogen and oxygen atoms in total. The van der Waals surface area contributed by atoms with Gasteiger partial charge in [0.2, 0.25) is 5.91 Å². The SMILES string of the molecule is C=C1Cc2c(c3cncnc3n2CCN2CCCC(CO)C2)CN1C.Cc1cc2c3c(n(CCN4CCNCC4=O)c2cn1)CCN(C)C3.Cc1ccc2c(n1)c1c(n2CCN2CCNCC2C)CCN(C)C1C. The van der Waals surface area contributed by atoms with Gasteiger partial charge in [0.15, 0.2) is 0 Å². The topological polar surface area (TPSA) is 147 Å². The number of hydrogen-bond donors (Lipinski definition) is 3. The van der Waals surface area contributed by atoms with Crippen LogP contribution in [0.1, 0.15) is 77.9 Å². The molecule has 6 aromatic rings. The van der Waals surface area contributed by atoms with Gasteiger partial charge in [0.25, 0.3) is 0 Å². The summed E-state index contributed by atoms with van der Waals surface area (Å²) in [7, 11) is 6.51. The first kappa shape index (κ1) is 52.2. The van der Waals surface area contributed by atoms with Gasteiger partial charge in [-0.15, -0.1) is 0 Å². The predicted molar refractivity (Wildman–Crippen MR) is 295 cm³/mol. The maximum Gasteiger partial charge on any atom is 0.236 e. The fourth-order valence-corrected chi connectivity index (χ4v) is 12.7. The summed E-state index contributed by atoms with van der Waals surface area (Å²) in [6.45, 7) is 30.8. The summed E-state index contributed by atoms with van der Waals surface area (Å²) in [6, 6.07) is 7.72. The summed E-state index contributed by atoms with van der Waals surface area (Å²) in [5, 5.41) is 18.6. The maximum atomic E-state index is 12.0. The van der Waals surface area contributed by atoms with Crippen LogP contribution in [-0.2, 0) is 56.8 Å². The van der Waals surface area contributed by atoms with Crippen LogP contribution >= 0.6 is 0 Å². The van der Waals surface area contributed by atoms with E-state index in [4.69, 9.17) is 4.98 Å². The van der Waals surface area contributed by atoms with Crippen LogP contribution in [0.4, 0.5) is 0 Å². The van der Waals surface area contributed by atoms with Gasteiger partial charge in [0.1, 0.15) is 12.0 Å². The van der Waals surface area contributed by atoms with Gasteiger partial charge < -0.3 is 49.0 Å². The third-order valence-corrected chi connectivity index (χ3v) is 17.2. The molecule has 12 rings (SSSR count). The van der Waals surface area contributed by atoms with Gasteiger partial charge in [-0.3, -0.25) is 24.6 Å². The lowest BCUT2D eigenvalue weighted by atomic mass is 9.99. The van der Waals surface area contributed by atoms with Crippen LogP contribution in [0.15, 0.2) is 49.2 Å². The molecule has 3 fully saturated rings. The smallest absolute Gasteiger partial charge is 0.236 e. The molecule has 12 heterocycles. The summed E-state index contributed by atoms with van der Waals surface area (Å²) < 4.78 is 7.34. The Morgan fingerprint density at radius 1 is 0.784 bits per heavy atom. The zero-order valence-electron chi connectivity index (χ0n) is 45.5. The van der Waals surface area contributed by atoms with E-state index in [2.05, 4.69) is 137 Å². The predicted octanol–water partition coefficient (Wildman–Crippen LogP) is 4.59. The van der Waals surface area contributed by atoms with Crippen molar-refractivity contribution in [1.29, 1.82) is 0 Å². The number of aryl methyl sites for hydroxylation is 2. The number of nitrogens with zero attached hydrogens (tertiary/aromatic N) is 13. The number of allylic oxidation sites excluding steroid dienone is 1. The number of pyridine rings is 2. The molecule has 6 aliphatic rings. The monoisotopic (exact) mass is 1010 g/mol. The number of aliphatic hydroxyl groups excluding tert-OH is 1. The van der Waals surface area contributed by atoms with E-state index >= 15 is 0 Å². The molecule has 3 saturated heterocycles. The molecule has 0 bridgehead atoms. The third kappa shape index (κ3) is 10.9. The fourth-order valence-electron chi connectivity index (χ4n) is 12.7. The molecule has 1 amide bonds. The first-order chi connectivity index (χ1) is 35.9. The Kier molecular flexibility index (Phi) is 16.2. The van der Waals surface area contributed by atoms with E-state index in [-0.39, 0.29) is 5.91 Å². The molecule has 3 atom stereocenters. The molecule has 0 radical (unpaired) electrons. The van der Waals surface area contributed by atoms with Crippen LogP contribution in [0.3, 0.4) is 0 Å². The highest BCUT2D eigenvalue weighted by Crippen LogP contribution is 2.37. The number of carbonyl (C=O) groups is 1. The summed E-state index contributed by atoms with van der Waals surface area (Å²) in [5.74, 6) is 0.639. The number of likely N-dealkylation sites (N-methyl/N-ethyl adjacent to an activating group) is 3. The molecule has 0 saturated carbocycles. The molecule has 6 aliphatic heterocycles. The lowest BCUT2D eigenvalue weighted by Gasteiger charge is -2.34. The highest BCUT2D eigenvalue weighted by atomic mass is 16.3. The van der Waals surface area contributed by atoms with Crippen molar-refractivity contribution in [3.8, 4) is 0 Å². The largest absolute Gasteiger partial charge is 0.396 e. The van der Waals surface area contributed by atoms with Crippen molar-refractivity contribution in [2.75, 3.05) is 113 Å². The zero-order chi connectivity index (χ0) is 51.6. The molecule has 3 unspecified atom stereocenters.